The monoisotopic (exact) mass is 484 g/mol. The van der Waals surface area contributed by atoms with E-state index in [4.69, 9.17) is 39.5 Å². The highest BCUT2D eigenvalue weighted by Gasteiger charge is 2.30. The molecule has 0 radical (unpaired) electrons. The number of halogens is 3. The van der Waals surface area contributed by atoms with E-state index >= 15 is 0 Å². The van der Waals surface area contributed by atoms with Crippen molar-refractivity contribution in [3.8, 4) is 5.75 Å². The molecule has 0 aliphatic rings. The standard InChI is InChI=1S/C23H27Cl3N2O3/c1-4-15(3)27-23(30)21(5-2)28(13-18-19(25)7-6-8-20(18)26)22(29)14-31-17-11-9-16(24)10-12-17/h6-12,15,21H,4-5,13-14H2,1-3H3,(H,27,30)/t15-,21-/m1/s1. The van der Waals surface area contributed by atoms with Crippen molar-refractivity contribution in [1.29, 1.82) is 0 Å². The smallest absolute Gasteiger partial charge is 0.261 e. The van der Waals surface area contributed by atoms with Gasteiger partial charge in [-0.2, -0.15) is 0 Å². The molecule has 31 heavy (non-hydrogen) atoms. The van der Waals surface area contributed by atoms with Crippen LogP contribution in [0.2, 0.25) is 15.1 Å². The number of rotatable bonds is 10. The minimum atomic E-state index is -0.692. The third-order valence-electron chi connectivity index (χ3n) is 4.95. The molecular weight excluding hydrogens is 459 g/mol. The van der Waals surface area contributed by atoms with Crippen LogP contribution >= 0.6 is 34.8 Å². The van der Waals surface area contributed by atoms with Crippen LogP contribution in [0.3, 0.4) is 0 Å². The van der Waals surface area contributed by atoms with Crippen molar-refractivity contribution < 1.29 is 14.3 Å². The highest BCUT2D eigenvalue weighted by atomic mass is 35.5. The van der Waals surface area contributed by atoms with E-state index in [2.05, 4.69) is 5.32 Å². The molecule has 0 aromatic heterocycles. The van der Waals surface area contributed by atoms with Gasteiger partial charge in [-0.25, -0.2) is 0 Å². The van der Waals surface area contributed by atoms with Crippen molar-refractivity contribution in [3.05, 3.63) is 63.1 Å². The van der Waals surface area contributed by atoms with Gasteiger partial charge in [0, 0.05) is 33.2 Å². The second kappa shape index (κ2) is 12.2. The first kappa shape index (κ1) is 25.3. The van der Waals surface area contributed by atoms with Crippen molar-refractivity contribution in [2.24, 2.45) is 0 Å². The van der Waals surface area contributed by atoms with E-state index in [1.807, 2.05) is 20.8 Å². The van der Waals surface area contributed by atoms with Crippen LogP contribution in [0, 0.1) is 0 Å². The van der Waals surface area contributed by atoms with Gasteiger partial charge < -0.3 is 15.0 Å². The van der Waals surface area contributed by atoms with Crippen molar-refractivity contribution in [1.82, 2.24) is 10.2 Å². The van der Waals surface area contributed by atoms with E-state index in [-0.39, 0.29) is 31.0 Å². The summed E-state index contributed by atoms with van der Waals surface area (Å²) >= 11 is 18.6. The zero-order chi connectivity index (χ0) is 23.0. The first-order valence-electron chi connectivity index (χ1n) is 10.2. The fourth-order valence-electron chi connectivity index (χ4n) is 2.97. The Morgan fingerprint density at radius 1 is 1.00 bits per heavy atom. The molecular formula is C23H27Cl3N2O3. The lowest BCUT2D eigenvalue weighted by Gasteiger charge is -2.31. The van der Waals surface area contributed by atoms with Gasteiger partial charge in [-0.3, -0.25) is 9.59 Å². The fraction of sp³-hybridized carbons (Fsp3) is 0.391. The Hall–Kier alpha value is -1.95. The molecule has 2 aromatic rings. The van der Waals surface area contributed by atoms with E-state index in [1.54, 1.807) is 42.5 Å². The summed E-state index contributed by atoms with van der Waals surface area (Å²) in [5, 5.41) is 4.39. The van der Waals surface area contributed by atoms with E-state index in [1.165, 1.54) is 4.90 Å². The van der Waals surface area contributed by atoms with Crippen LogP contribution in [0.4, 0.5) is 0 Å². The molecule has 0 spiro atoms. The Labute approximate surface area is 198 Å². The Morgan fingerprint density at radius 3 is 2.16 bits per heavy atom. The van der Waals surface area contributed by atoms with Crippen molar-refractivity contribution in [2.75, 3.05) is 6.61 Å². The van der Waals surface area contributed by atoms with Gasteiger partial charge in [-0.05, 0) is 56.2 Å². The summed E-state index contributed by atoms with van der Waals surface area (Å²) in [6.07, 6.45) is 1.21. The Bertz CT molecular complexity index is 870. The summed E-state index contributed by atoms with van der Waals surface area (Å²) < 4.78 is 5.63. The van der Waals surface area contributed by atoms with Crippen molar-refractivity contribution in [3.63, 3.8) is 0 Å². The molecule has 2 rings (SSSR count). The molecule has 0 bridgehead atoms. The maximum Gasteiger partial charge on any atom is 0.261 e. The molecule has 8 heteroatoms. The van der Waals surface area contributed by atoms with Crippen molar-refractivity contribution in [2.45, 2.75) is 52.2 Å². The van der Waals surface area contributed by atoms with Gasteiger partial charge in [0.25, 0.3) is 5.91 Å². The molecule has 0 saturated heterocycles. The molecule has 2 atom stereocenters. The zero-order valence-corrected chi connectivity index (χ0v) is 20.1. The summed E-state index contributed by atoms with van der Waals surface area (Å²) in [5.41, 5.74) is 0.584. The topological polar surface area (TPSA) is 58.6 Å². The second-order valence-corrected chi connectivity index (χ2v) is 8.46. The highest BCUT2D eigenvalue weighted by Crippen LogP contribution is 2.27. The maximum atomic E-state index is 13.2. The molecule has 0 saturated carbocycles. The Morgan fingerprint density at radius 2 is 1.61 bits per heavy atom. The van der Waals surface area contributed by atoms with E-state index in [0.717, 1.165) is 6.42 Å². The van der Waals surface area contributed by atoms with Gasteiger partial charge in [0.15, 0.2) is 6.61 Å². The van der Waals surface area contributed by atoms with Crippen LogP contribution in [-0.2, 0) is 16.1 Å². The van der Waals surface area contributed by atoms with Gasteiger partial charge in [0.05, 0.1) is 0 Å². The van der Waals surface area contributed by atoms with Gasteiger partial charge in [-0.15, -0.1) is 0 Å². The molecule has 2 aromatic carbocycles. The number of hydrogen-bond donors (Lipinski definition) is 1. The zero-order valence-electron chi connectivity index (χ0n) is 17.8. The molecule has 168 valence electrons. The molecule has 1 N–H and O–H groups in total. The van der Waals surface area contributed by atoms with Crippen LogP contribution in [0.25, 0.3) is 0 Å². The van der Waals surface area contributed by atoms with Gasteiger partial charge in [-0.1, -0.05) is 54.7 Å². The van der Waals surface area contributed by atoms with Crippen LogP contribution in [-0.4, -0.2) is 35.4 Å². The summed E-state index contributed by atoms with van der Waals surface area (Å²) in [5.74, 6) is -0.0671. The number of nitrogens with one attached hydrogen (secondary N) is 1. The molecule has 0 aliphatic heterocycles. The number of hydrogen-bond acceptors (Lipinski definition) is 3. The molecule has 5 nitrogen and oxygen atoms in total. The number of ether oxygens (including phenoxy) is 1. The lowest BCUT2D eigenvalue weighted by Crippen LogP contribution is -2.51. The summed E-state index contributed by atoms with van der Waals surface area (Å²) in [4.78, 5) is 27.6. The number of carbonyl (C=O) groups is 2. The summed E-state index contributed by atoms with van der Waals surface area (Å²) in [7, 11) is 0. The first-order valence-corrected chi connectivity index (χ1v) is 11.3. The summed E-state index contributed by atoms with van der Waals surface area (Å²) in [6, 6.07) is 11.2. The fourth-order valence-corrected chi connectivity index (χ4v) is 3.62. The van der Waals surface area contributed by atoms with Gasteiger partial charge in [0.2, 0.25) is 5.91 Å². The Balaban J connectivity index is 2.27. The van der Waals surface area contributed by atoms with Gasteiger partial charge in [0.1, 0.15) is 11.8 Å². The van der Waals surface area contributed by atoms with E-state index in [9.17, 15) is 9.59 Å². The average molecular weight is 486 g/mol. The van der Waals surface area contributed by atoms with Crippen LogP contribution in [0.15, 0.2) is 42.5 Å². The van der Waals surface area contributed by atoms with Crippen LogP contribution in [0.5, 0.6) is 5.75 Å². The van der Waals surface area contributed by atoms with Crippen molar-refractivity contribution >= 4 is 46.6 Å². The number of nitrogens with zero attached hydrogens (tertiary/aromatic N) is 1. The quantitative estimate of drug-likeness (QED) is 0.466. The largest absolute Gasteiger partial charge is 0.484 e. The molecule has 2 amide bonds. The van der Waals surface area contributed by atoms with Crippen LogP contribution in [0.1, 0.15) is 39.2 Å². The Kier molecular flexibility index (Phi) is 9.94. The third kappa shape index (κ3) is 7.30. The number of amides is 2. The molecule has 0 aliphatic carbocycles. The lowest BCUT2D eigenvalue weighted by atomic mass is 10.1. The molecule has 0 unspecified atom stereocenters. The third-order valence-corrected chi connectivity index (χ3v) is 5.91. The predicted octanol–water partition coefficient (Wildman–Crippen LogP) is 5.75. The van der Waals surface area contributed by atoms with E-state index in [0.29, 0.717) is 32.8 Å². The SMILES string of the molecule is CC[C@@H](C)NC(=O)[C@@H](CC)N(Cc1c(Cl)cccc1Cl)C(=O)COc1ccc(Cl)cc1. The predicted molar refractivity (Wildman–Crippen MR) is 126 cm³/mol. The lowest BCUT2D eigenvalue weighted by molar-refractivity contribution is -0.143. The summed E-state index contributed by atoms with van der Waals surface area (Å²) in [6.45, 7) is 5.61. The van der Waals surface area contributed by atoms with Crippen LogP contribution < -0.4 is 10.1 Å². The van der Waals surface area contributed by atoms with Gasteiger partial charge >= 0.3 is 0 Å². The minimum Gasteiger partial charge on any atom is -0.484 e. The maximum absolute atomic E-state index is 13.2. The second-order valence-electron chi connectivity index (χ2n) is 7.21. The first-order chi connectivity index (χ1) is 14.8. The number of benzene rings is 2. The van der Waals surface area contributed by atoms with E-state index < -0.39 is 6.04 Å². The minimum absolute atomic E-state index is 0.00674. The number of carbonyl (C=O) groups excluding carboxylic acids is 2. The highest BCUT2D eigenvalue weighted by molar-refractivity contribution is 6.36. The average Bonchev–Trinajstić information content (AvgIpc) is 2.74. The molecule has 0 heterocycles. The normalized spacial score (nSPS) is 12.7. The molecule has 0 fully saturated rings.